The largest absolute Gasteiger partial charge is 0.444 e. The van der Waals surface area contributed by atoms with Crippen LogP contribution in [0.1, 0.15) is 65.7 Å². The molecule has 10 heteroatoms. The van der Waals surface area contributed by atoms with Crippen LogP contribution in [-0.4, -0.2) is 94.7 Å². The summed E-state index contributed by atoms with van der Waals surface area (Å²) in [7, 11) is 2.10. The molecule has 1 aliphatic carbocycles. The highest BCUT2D eigenvalue weighted by Crippen LogP contribution is 2.27. The second kappa shape index (κ2) is 13.4. The van der Waals surface area contributed by atoms with Crippen molar-refractivity contribution >= 4 is 41.4 Å². The van der Waals surface area contributed by atoms with E-state index in [2.05, 4.69) is 22.6 Å². The molecule has 2 saturated heterocycles. The number of carbonyl (C=O) groups is 3. The zero-order valence-corrected chi connectivity index (χ0v) is 23.5. The van der Waals surface area contributed by atoms with Crippen molar-refractivity contribution < 1.29 is 19.1 Å². The summed E-state index contributed by atoms with van der Waals surface area (Å²) in [4.78, 5) is 42.9. The lowest BCUT2D eigenvalue weighted by molar-refractivity contribution is -0.131. The molecule has 35 heavy (non-hydrogen) atoms. The Morgan fingerprint density at radius 3 is 2.43 bits per heavy atom. The molecule has 1 saturated carbocycles. The van der Waals surface area contributed by atoms with Gasteiger partial charge in [0.1, 0.15) is 17.7 Å². The van der Waals surface area contributed by atoms with Crippen LogP contribution >= 0.6 is 23.5 Å². The maximum Gasteiger partial charge on any atom is 0.411 e. The van der Waals surface area contributed by atoms with Crippen LogP contribution in [0.5, 0.6) is 0 Å². The van der Waals surface area contributed by atoms with E-state index in [0.717, 1.165) is 31.7 Å². The number of nitrogens with one attached hydrogen (secondary N) is 2. The van der Waals surface area contributed by atoms with Gasteiger partial charge >= 0.3 is 6.09 Å². The molecule has 0 radical (unpaired) electrons. The Bertz CT molecular complexity index is 719. The minimum atomic E-state index is -0.628. The van der Waals surface area contributed by atoms with Crippen molar-refractivity contribution in [3.8, 4) is 0 Å². The fraction of sp³-hybridized carbons (Fsp3) is 0.880. The van der Waals surface area contributed by atoms with Gasteiger partial charge in [0.05, 0.1) is 5.88 Å². The molecule has 2 atom stereocenters. The number of ether oxygens (including phenoxy) is 1. The maximum atomic E-state index is 13.3. The lowest BCUT2D eigenvalue weighted by atomic mass is 9.91. The minimum Gasteiger partial charge on any atom is -0.444 e. The van der Waals surface area contributed by atoms with Gasteiger partial charge in [-0.25, -0.2) is 4.79 Å². The highest BCUT2D eigenvalue weighted by molar-refractivity contribution is 7.99. The molecule has 0 aromatic carbocycles. The molecule has 2 unspecified atom stereocenters. The summed E-state index contributed by atoms with van der Waals surface area (Å²) in [5.74, 6) is 2.81. The van der Waals surface area contributed by atoms with Crippen LogP contribution in [0, 0.1) is 5.92 Å². The van der Waals surface area contributed by atoms with Crippen molar-refractivity contribution in [3.63, 3.8) is 0 Å². The molecule has 2 heterocycles. The first-order valence-electron chi connectivity index (χ1n) is 13.1. The van der Waals surface area contributed by atoms with Crippen molar-refractivity contribution in [3.05, 3.63) is 0 Å². The van der Waals surface area contributed by atoms with Gasteiger partial charge in [0, 0.05) is 17.5 Å². The van der Waals surface area contributed by atoms with E-state index in [1.54, 1.807) is 11.8 Å². The number of likely N-dealkylation sites (tertiary alicyclic amines) is 1. The third kappa shape index (κ3) is 9.35. The lowest BCUT2D eigenvalue weighted by Gasteiger charge is -2.31. The standard InChI is InChI=1S/C25H44N4O4S2/c1-25(2,3)33-24(32)29-17-35-16-21(29)23(31)27-20(15-34-14-18-8-6-5-7-9-18)22(30)26-19-10-12-28(4)13-11-19/h18-21H,5-17H2,1-4H3,(H,26,30)(H,27,31). The van der Waals surface area contributed by atoms with Crippen LogP contribution in [0.25, 0.3) is 0 Å². The van der Waals surface area contributed by atoms with Gasteiger partial charge in [-0.3, -0.25) is 14.5 Å². The van der Waals surface area contributed by atoms with Crippen molar-refractivity contribution in [1.29, 1.82) is 0 Å². The van der Waals surface area contributed by atoms with Crippen LogP contribution < -0.4 is 10.6 Å². The number of amides is 3. The van der Waals surface area contributed by atoms with Crippen LogP contribution in [0.3, 0.4) is 0 Å². The third-order valence-electron chi connectivity index (χ3n) is 6.87. The van der Waals surface area contributed by atoms with Crippen molar-refractivity contribution in [2.75, 3.05) is 43.3 Å². The van der Waals surface area contributed by atoms with Gasteiger partial charge in [0.15, 0.2) is 0 Å². The summed E-state index contributed by atoms with van der Waals surface area (Å²) in [6.07, 6.45) is 7.79. The fourth-order valence-corrected chi connectivity index (χ4v) is 7.19. The van der Waals surface area contributed by atoms with Crippen LogP contribution in [0.2, 0.25) is 0 Å². The van der Waals surface area contributed by atoms with E-state index in [0.29, 0.717) is 23.3 Å². The van der Waals surface area contributed by atoms with E-state index in [1.807, 2.05) is 20.8 Å². The van der Waals surface area contributed by atoms with Crippen LogP contribution in [-0.2, 0) is 14.3 Å². The number of carbonyl (C=O) groups excluding carboxylic acids is 3. The second-order valence-corrected chi connectivity index (χ2v) is 13.2. The molecule has 3 fully saturated rings. The van der Waals surface area contributed by atoms with E-state index < -0.39 is 23.8 Å². The van der Waals surface area contributed by atoms with Gasteiger partial charge in [-0.2, -0.15) is 11.8 Å². The normalized spacial score (nSPS) is 23.7. The van der Waals surface area contributed by atoms with Gasteiger partial charge in [-0.05, 0) is 78.3 Å². The van der Waals surface area contributed by atoms with Crippen LogP contribution in [0.15, 0.2) is 0 Å². The van der Waals surface area contributed by atoms with Gasteiger partial charge < -0.3 is 20.3 Å². The Morgan fingerprint density at radius 1 is 1.09 bits per heavy atom. The number of thioether (sulfide) groups is 2. The zero-order valence-electron chi connectivity index (χ0n) is 21.8. The summed E-state index contributed by atoms with van der Waals surface area (Å²) in [5.41, 5.74) is -0.627. The number of piperidine rings is 1. The topological polar surface area (TPSA) is 91.0 Å². The minimum absolute atomic E-state index is 0.112. The van der Waals surface area contributed by atoms with E-state index in [4.69, 9.17) is 4.74 Å². The molecule has 200 valence electrons. The van der Waals surface area contributed by atoms with Crippen molar-refractivity contribution in [2.24, 2.45) is 5.92 Å². The molecule has 0 aromatic heterocycles. The van der Waals surface area contributed by atoms with E-state index >= 15 is 0 Å². The molecule has 0 spiro atoms. The van der Waals surface area contributed by atoms with Gasteiger partial charge in [0.25, 0.3) is 0 Å². The third-order valence-corrected chi connectivity index (χ3v) is 9.16. The van der Waals surface area contributed by atoms with Gasteiger partial charge in [-0.15, -0.1) is 11.8 Å². The van der Waals surface area contributed by atoms with Crippen molar-refractivity contribution in [2.45, 2.75) is 89.4 Å². The van der Waals surface area contributed by atoms with E-state index in [9.17, 15) is 14.4 Å². The molecule has 0 aromatic rings. The smallest absolute Gasteiger partial charge is 0.411 e. The number of nitrogens with zero attached hydrogens (tertiary/aromatic N) is 2. The van der Waals surface area contributed by atoms with Crippen LogP contribution in [0.4, 0.5) is 4.79 Å². The molecule has 2 N–H and O–H groups in total. The quantitative estimate of drug-likeness (QED) is 0.500. The first kappa shape index (κ1) is 28.4. The Morgan fingerprint density at radius 2 is 1.77 bits per heavy atom. The number of hydrogen-bond donors (Lipinski definition) is 2. The monoisotopic (exact) mass is 528 g/mol. The Labute approximate surface area is 219 Å². The fourth-order valence-electron chi connectivity index (χ4n) is 4.77. The molecule has 8 nitrogen and oxygen atoms in total. The first-order valence-corrected chi connectivity index (χ1v) is 15.4. The Kier molecular flexibility index (Phi) is 10.9. The molecule has 0 bridgehead atoms. The molecule has 3 aliphatic rings. The molecular formula is C25H44N4O4S2. The van der Waals surface area contributed by atoms with E-state index in [1.165, 1.54) is 48.8 Å². The maximum absolute atomic E-state index is 13.3. The first-order chi connectivity index (χ1) is 16.6. The highest BCUT2D eigenvalue weighted by Gasteiger charge is 2.38. The van der Waals surface area contributed by atoms with Gasteiger partial charge in [0.2, 0.25) is 11.8 Å². The summed E-state index contributed by atoms with van der Waals surface area (Å²) in [6, 6.07) is -1.10. The average molecular weight is 529 g/mol. The predicted molar refractivity (Wildman–Crippen MR) is 144 cm³/mol. The average Bonchev–Trinajstić information content (AvgIpc) is 3.30. The van der Waals surface area contributed by atoms with Crippen molar-refractivity contribution in [1.82, 2.24) is 20.4 Å². The zero-order chi connectivity index (χ0) is 25.4. The van der Waals surface area contributed by atoms with E-state index in [-0.39, 0.29) is 17.9 Å². The molecule has 3 rings (SSSR count). The summed E-state index contributed by atoms with van der Waals surface area (Å²) >= 11 is 3.29. The lowest BCUT2D eigenvalue weighted by Crippen LogP contribution is -2.57. The summed E-state index contributed by atoms with van der Waals surface area (Å²) < 4.78 is 5.50. The molecule has 2 aliphatic heterocycles. The summed E-state index contributed by atoms with van der Waals surface area (Å²) in [5, 5.41) is 6.18. The highest BCUT2D eigenvalue weighted by atomic mass is 32.2. The van der Waals surface area contributed by atoms with Gasteiger partial charge in [-0.1, -0.05) is 19.3 Å². The second-order valence-electron chi connectivity index (χ2n) is 11.2. The number of hydrogen-bond acceptors (Lipinski definition) is 7. The molecule has 3 amide bonds. The Balaban J connectivity index is 1.59. The molecular weight excluding hydrogens is 484 g/mol. The SMILES string of the molecule is CN1CCC(NC(=O)C(CSCC2CCCCC2)NC(=O)C2CSCN2C(=O)OC(C)(C)C)CC1. The predicted octanol–water partition coefficient (Wildman–Crippen LogP) is 3.31. The number of rotatable bonds is 8. The Hall–Kier alpha value is -1.13. The summed E-state index contributed by atoms with van der Waals surface area (Å²) in [6.45, 7) is 7.37.